The lowest BCUT2D eigenvalue weighted by molar-refractivity contribution is -0.165. The first-order chi connectivity index (χ1) is 15.4. The molecule has 0 radical (unpaired) electrons. The van der Waals surface area contributed by atoms with Crippen molar-refractivity contribution in [2.75, 3.05) is 13.2 Å². The van der Waals surface area contributed by atoms with Gasteiger partial charge in [-0.3, -0.25) is 14.4 Å². The molecule has 2 bridgehead atoms. The van der Waals surface area contributed by atoms with Crippen LogP contribution in [0.25, 0.3) is 0 Å². The summed E-state index contributed by atoms with van der Waals surface area (Å²) in [7, 11) is 0. The second kappa shape index (κ2) is 10.00. The molecule has 2 aliphatic carbocycles. The molecular weight excluding hydrogens is 412 g/mol. The summed E-state index contributed by atoms with van der Waals surface area (Å²) in [5.41, 5.74) is 0. The van der Waals surface area contributed by atoms with E-state index in [2.05, 4.69) is 10.6 Å². The van der Waals surface area contributed by atoms with Crippen molar-refractivity contribution >= 4 is 23.9 Å². The van der Waals surface area contributed by atoms with Crippen LogP contribution in [0.1, 0.15) is 58.8 Å². The Morgan fingerprint density at radius 2 is 1.94 bits per heavy atom. The zero-order valence-corrected chi connectivity index (χ0v) is 19.1. The molecular formula is C24H36N2O6. The van der Waals surface area contributed by atoms with E-state index in [-0.39, 0.29) is 41.6 Å². The van der Waals surface area contributed by atoms with Gasteiger partial charge in [0.1, 0.15) is 18.1 Å². The van der Waals surface area contributed by atoms with E-state index in [1.54, 1.807) is 0 Å². The van der Waals surface area contributed by atoms with Crippen LogP contribution in [-0.4, -0.2) is 55.5 Å². The highest BCUT2D eigenvalue weighted by Crippen LogP contribution is 2.52. The van der Waals surface area contributed by atoms with Gasteiger partial charge in [0.05, 0.1) is 19.3 Å². The fourth-order valence-corrected chi connectivity index (χ4v) is 6.20. The number of carbonyl (C=O) groups is 4. The molecule has 0 aromatic carbocycles. The Morgan fingerprint density at radius 3 is 2.62 bits per heavy atom. The highest BCUT2D eigenvalue weighted by molar-refractivity contribution is 5.89. The molecule has 2 saturated carbocycles. The van der Waals surface area contributed by atoms with E-state index in [0.29, 0.717) is 62.9 Å². The van der Waals surface area contributed by atoms with Crippen molar-refractivity contribution < 1.29 is 28.7 Å². The Bertz CT molecular complexity index is 740. The monoisotopic (exact) mass is 448 g/mol. The van der Waals surface area contributed by atoms with Crippen LogP contribution in [0.2, 0.25) is 0 Å². The molecule has 8 nitrogen and oxygen atoms in total. The summed E-state index contributed by atoms with van der Waals surface area (Å²) >= 11 is 0. The number of fused-ring (bicyclic) bond motifs is 1. The van der Waals surface area contributed by atoms with Crippen LogP contribution < -0.4 is 10.6 Å². The van der Waals surface area contributed by atoms with Gasteiger partial charge in [-0.2, -0.15) is 0 Å². The maximum atomic E-state index is 13.0. The number of aldehydes is 1. The molecule has 2 saturated heterocycles. The molecule has 4 fully saturated rings. The standard InChI is InChI=1S/C24H36N2O6/c1-13(2)6-20(23(30)25-16(10-27)7-14-4-3-5-21(14)28)26-22(29)9-17-15-8-18-19(17)12-32-24(18)31-11-15/h10,13-20,24H,3-9,11-12H2,1-2H3,(H,25,30)(H,26,29)/t14?,15?,16-,17-,18?,19-,20-,24-/m0/s1. The van der Waals surface area contributed by atoms with Crippen molar-refractivity contribution in [3.05, 3.63) is 0 Å². The van der Waals surface area contributed by atoms with E-state index in [1.165, 1.54) is 0 Å². The highest BCUT2D eigenvalue weighted by atomic mass is 16.7. The first-order valence-electron chi connectivity index (χ1n) is 12.2. The number of amides is 2. The summed E-state index contributed by atoms with van der Waals surface area (Å²) in [5.74, 6) is 1.02. The maximum Gasteiger partial charge on any atom is 0.243 e. The molecule has 0 aromatic rings. The second-order valence-corrected chi connectivity index (χ2v) is 10.5. The van der Waals surface area contributed by atoms with Gasteiger partial charge in [0.25, 0.3) is 0 Å². The molecule has 8 heteroatoms. The van der Waals surface area contributed by atoms with Crippen molar-refractivity contribution in [1.29, 1.82) is 0 Å². The Kier molecular flexibility index (Phi) is 7.30. The minimum atomic E-state index is -0.708. The van der Waals surface area contributed by atoms with E-state index >= 15 is 0 Å². The largest absolute Gasteiger partial charge is 0.352 e. The van der Waals surface area contributed by atoms with Gasteiger partial charge >= 0.3 is 0 Å². The van der Waals surface area contributed by atoms with E-state index < -0.39 is 12.1 Å². The normalized spacial score (nSPS) is 35.0. The lowest BCUT2D eigenvalue weighted by Gasteiger charge is -2.28. The van der Waals surface area contributed by atoms with Crippen molar-refractivity contribution in [3.63, 3.8) is 0 Å². The van der Waals surface area contributed by atoms with Crippen LogP contribution >= 0.6 is 0 Å². The number of nitrogens with one attached hydrogen (secondary N) is 2. The van der Waals surface area contributed by atoms with Crippen LogP contribution in [0.4, 0.5) is 0 Å². The van der Waals surface area contributed by atoms with E-state index in [1.807, 2.05) is 13.8 Å². The van der Waals surface area contributed by atoms with Gasteiger partial charge in [-0.1, -0.05) is 13.8 Å². The predicted molar refractivity (Wildman–Crippen MR) is 115 cm³/mol. The molecule has 0 spiro atoms. The van der Waals surface area contributed by atoms with Crippen LogP contribution in [0.5, 0.6) is 0 Å². The minimum Gasteiger partial charge on any atom is -0.352 e. The maximum absolute atomic E-state index is 13.0. The van der Waals surface area contributed by atoms with Gasteiger partial charge in [-0.05, 0) is 55.8 Å². The Morgan fingerprint density at radius 1 is 1.16 bits per heavy atom. The third-order valence-electron chi connectivity index (χ3n) is 7.80. The number of carbonyl (C=O) groups excluding carboxylic acids is 4. The number of hydrogen-bond acceptors (Lipinski definition) is 6. The van der Waals surface area contributed by atoms with Gasteiger partial charge in [-0.15, -0.1) is 0 Å². The van der Waals surface area contributed by atoms with Gasteiger partial charge in [0, 0.05) is 24.7 Å². The number of hydrogen-bond donors (Lipinski definition) is 2. The fourth-order valence-electron chi connectivity index (χ4n) is 6.20. The van der Waals surface area contributed by atoms with Crippen LogP contribution in [0.15, 0.2) is 0 Å². The SMILES string of the molecule is CC(C)C[C@H](NC(=O)C[C@H]1C2CO[C@H]3OC[C@@H]1C3C2)C(=O)N[C@H](C=O)CC1CCCC1=O. The summed E-state index contributed by atoms with van der Waals surface area (Å²) in [6.45, 7) is 5.26. The Hall–Kier alpha value is -1.80. The average molecular weight is 449 g/mol. The molecule has 8 atom stereocenters. The molecule has 4 aliphatic rings. The van der Waals surface area contributed by atoms with Crippen molar-refractivity contribution in [1.82, 2.24) is 10.6 Å². The van der Waals surface area contributed by atoms with Crippen LogP contribution in [-0.2, 0) is 28.7 Å². The van der Waals surface area contributed by atoms with E-state index in [9.17, 15) is 19.2 Å². The first-order valence-corrected chi connectivity index (χ1v) is 12.2. The molecule has 2 amide bonds. The molecule has 32 heavy (non-hydrogen) atoms. The Balaban J connectivity index is 1.33. The zero-order valence-electron chi connectivity index (χ0n) is 19.1. The van der Waals surface area contributed by atoms with Crippen LogP contribution in [0, 0.1) is 35.5 Å². The molecule has 2 N–H and O–H groups in total. The smallest absolute Gasteiger partial charge is 0.243 e. The molecule has 2 heterocycles. The average Bonchev–Trinajstić information content (AvgIpc) is 3.41. The lowest BCUT2D eigenvalue weighted by atomic mass is 9.86. The van der Waals surface area contributed by atoms with Gasteiger partial charge in [0.15, 0.2) is 6.29 Å². The summed E-state index contributed by atoms with van der Waals surface area (Å²) in [6, 6.07) is -1.41. The summed E-state index contributed by atoms with van der Waals surface area (Å²) in [6.07, 6.45) is 4.98. The fraction of sp³-hybridized carbons (Fsp3) is 0.833. The summed E-state index contributed by atoms with van der Waals surface area (Å²) < 4.78 is 11.5. The number of Topliss-reactive ketones (excluding diaryl/α,β-unsaturated/α-hetero) is 1. The second-order valence-electron chi connectivity index (χ2n) is 10.5. The molecule has 178 valence electrons. The topological polar surface area (TPSA) is 111 Å². The van der Waals surface area contributed by atoms with Gasteiger partial charge < -0.3 is 24.9 Å². The highest BCUT2D eigenvalue weighted by Gasteiger charge is 2.54. The third-order valence-corrected chi connectivity index (χ3v) is 7.80. The molecule has 4 rings (SSSR count). The lowest BCUT2D eigenvalue weighted by Crippen LogP contribution is -2.51. The van der Waals surface area contributed by atoms with Crippen molar-refractivity contribution in [2.45, 2.75) is 77.2 Å². The predicted octanol–water partition coefficient (Wildman–Crippen LogP) is 1.61. The van der Waals surface area contributed by atoms with Crippen LogP contribution in [0.3, 0.4) is 0 Å². The third kappa shape index (κ3) is 5.06. The molecule has 0 aromatic heterocycles. The van der Waals surface area contributed by atoms with Gasteiger partial charge in [0.2, 0.25) is 11.8 Å². The molecule has 3 unspecified atom stereocenters. The van der Waals surface area contributed by atoms with Gasteiger partial charge in [-0.25, -0.2) is 0 Å². The minimum absolute atomic E-state index is 0.115. The Labute approximate surface area is 189 Å². The van der Waals surface area contributed by atoms with E-state index in [4.69, 9.17) is 9.47 Å². The quantitative estimate of drug-likeness (QED) is 0.491. The summed E-state index contributed by atoms with van der Waals surface area (Å²) in [5, 5.41) is 5.70. The van der Waals surface area contributed by atoms with Crippen molar-refractivity contribution in [3.8, 4) is 0 Å². The van der Waals surface area contributed by atoms with E-state index in [0.717, 1.165) is 19.3 Å². The number of ketones is 1. The zero-order chi connectivity index (χ0) is 22.8. The number of rotatable bonds is 10. The van der Waals surface area contributed by atoms with Crippen molar-refractivity contribution in [2.24, 2.45) is 35.5 Å². The first kappa shape index (κ1) is 23.4. The summed E-state index contributed by atoms with van der Waals surface area (Å²) in [4.78, 5) is 49.4. The number of ether oxygens (including phenoxy) is 2. The molecule has 2 aliphatic heterocycles.